The van der Waals surface area contributed by atoms with Crippen molar-refractivity contribution in [3.05, 3.63) is 35.9 Å². The summed E-state index contributed by atoms with van der Waals surface area (Å²) in [5, 5.41) is 11.9. The minimum absolute atomic E-state index is 0. The van der Waals surface area contributed by atoms with E-state index in [-0.39, 0.29) is 12.4 Å². The molecule has 0 atom stereocenters. The van der Waals surface area contributed by atoms with Crippen molar-refractivity contribution in [2.24, 2.45) is 0 Å². The minimum Gasteiger partial charge on any atom is -0.308 e. The molecule has 0 unspecified atom stereocenters. The van der Waals surface area contributed by atoms with Gasteiger partial charge in [0.1, 0.15) is 0 Å². The number of rotatable bonds is 6. The monoisotopic (exact) mass is 269 g/mol. The normalized spacial score (nSPS) is 10.3. The first-order valence-electron chi connectivity index (χ1n) is 6.05. The molecule has 100 valence electrons. The highest BCUT2D eigenvalue weighted by Crippen LogP contribution is 2.00. The summed E-state index contributed by atoms with van der Waals surface area (Å²) >= 11 is 0. The topological polar surface area (TPSA) is 47.7 Å². The van der Waals surface area contributed by atoms with Gasteiger partial charge < -0.3 is 5.32 Å². The molecule has 0 radical (unpaired) electrons. The number of halogens is 1. The van der Waals surface area contributed by atoms with E-state index in [0.29, 0.717) is 0 Å². The zero-order valence-corrected chi connectivity index (χ0v) is 11.7. The lowest BCUT2D eigenvalue weighted by molar-refractivity contribution is 0.652. The predicted molar refractivity (Wildman–Crippen MR) is 73.6 cm³/mol. The SMILES string of the molecule is CCn1cc(CNCc2cnn(CC)c2)cn1.Cl. The molecule has 5 nitrogen and oxygen atoms in total. The van der Waals surface area contributed by atoms with Gasteiger partial charge in [-0.1, -0.05) is 0 Å². The lowest BCUT2D eigenvalue weighted by Gasteiger charge is -2.00. The average Bonchev–Trinajstić information content (AvgIpc) is 2.97. The molecule has 18 heavy (non-hydrogen) atoms. The molecule has 2 aromatic heterocycles. The Morgan fingerprint density at radius 2 is 1.39 bits per heavy atom. The maximum atomic E-state index is 4.24. The van der Waals surface area contributed by atoms with E-state index in [1.807, 2.05) is 21.8 Å². The molecule has 2 aromatic rings. The summed E-state index contributed by atoms with van der Waals surface area (Å²) in [6, 6.07) is 0. The number of aromatic nitrogens is 4. The summed E-state index contributed by atoms with van der Waals surface area (Å²) in [5.41, 5.74) is 2.43. The van der Waals surface area contributed by atoms with Crippen LogP contribution in [-0.2, 0) is 26.2 Å². The average molecular weight is 270 g/mol. The molecule has 0 amide bonds. The molecule has 1 N–H and O–H groups in total. The summed E-state index contributed by atoms with van der Waals surface area (Å²) in [5.74, 6) is 0. The van der Waals surface area contributed by atoms with Gasteiger partial charge in [-0.25, -0.2) is 0 Å². The van der Waals surface area contributed by atoms with Crippen LogP contribution < -0.4 is 5.32 Å². The van der Waals surface area contributed by atoms with Gasteiger partial charge in [0.2, 0.25) is 0 Å². The predicted octanol–water partition coefficient (Wildman–Crippen LogP) is 1.83. The fraction of sp³-hybridized carbons (Fsp3) is 0.500. The number of hydrogen-bond acceptors (Lipinski definition) is 3. The largest absolute Gasteiger partial charge is 0.308 e. The maximum Gasteiger partial charge on any atom is 0.0534 e. The zero-order valence-electron chi connectivity index (χ0n) is 10.8. The zero-order chi connectivity index (χ0) is 12.1. The first-order chi connectivity index (χ1) is 8.31. The van der Waals surface area contributed by atoms with Crippen molar-refractivity contribution in [3.63, 3.8) is 0 Å². The molecular weight excluding hydrogens is 250 g/mol. The van der Waals surface area contributed by atoms with E-state index in [0.717, 1.165) is 26.2 Å². The summed E-state index contributed by atoms with van der Waals surface area (Å²) in [4.78, 5) is 0. The number of nitrogens with zero attached hydrogens (tertiary/aromatic N) is 4. The molecule has 0 saturated heterocycles. The molecule has 2 heterocycles. The third kappa shape index (κ3) is 3.85. The first-order valence-corrected chi connectivity index (χ1v) is 6.05. The second-order valence-electron chi connectivity index (χ2n) is 4.01. The number of aryl methyl sites for hydroxylation is 2. The van der Waals surface area contributed by atoms with Crippen LogP contribution in [0.2, 0.25) is 0 Å². The Labute approximate surface area is 114 Å². The Bertz CT molecular complexity index is 420. The molecule has 0 aliphatic heterocycles. The van der Waals surface area contributed by atoms with Gasteiger partial charge in [0.25, 0.3) is 0 Å². The van der Waals surface area contributed by atoms with Gasteiger partial charge in [0.05, 0.1) is 12.4 Å². The minimum atomic E-state index is 0. The van der Waals surface area contributed by atoms with Crippen LogP contribution in [0.5, 0.6) is 0 Å². The van der Waals surface area contributed by atoms with E-state index in [1.165, 1.54) is 11.1 Å². The lowest BCUT2D eigenvalue weighted by atomic mass is 10.3. The lowest BCUT2D eigenvalue weighted by Crippen LogP contribution is -2.11. The van der Waals surface area contributed by atoms with Crippen LogP contribution in [0.1, 0.15) is 25.0 Å². The van der Waals surface area contributed by atoms with Crippen LogP contribution in [-0.4, -0.2) is 19.6 Å². The van der Waals surface area contributed by atoms with Crippen LogP contribution in [0.3, 0.4) is 0 Å². The van der Waals surface area contributed by atoms with Gasteiger partial charge >= 0.3 is 0 Å². The number of hydrogen-bond donors (Lipinski definition) is 1. The Morgan fingerprint density at radius 1 is 0.944 bits per heavy atom. The van der Waals surface area contributed by atoms with Crippen molar-refractivity contribution in [1.82, 2.24) is 24.9 Å². The highest BCUT2D eigenvalue weighted by molar-refractivity contribution is 5.85. The molecule has 0 bridgehead atoms. The van der Waals surface area contributed by atoms with E-state index in [9.17, 15) is 0 Å². The fourth-order valence-corrected chi connectivity index (χ4v) is 1.69. The van der Waals surface area contributed by atoms with Crippen LogP contribution in [0.15, 0.2) is 24.8 Å². The molecule has 0 fully saturated rings. The van der Waals surface area contributed by atoms with Crippen molar-refractivity contribution in [2.75, 3.05) is 0 Å². The van der Waals surface area contributed by atoms with E-state index < -0.39 is 0 Å². The summed E-state index contributed by atoms with van der Waals surface area (Å²) < 4.78 is 3.87. The quantitative estimate of drug-likeness (QED) is 0.870. The second kappa shape index (κ2) is 7.18. The van der Waals surface area contributed by atoms with Crippen LogP contribution in [0.4, 0.5) is 0 Å². The molecule has 0 aliphatic rings. The fourth-order valence-electron chi connectivity index (χ4n) is 1.69. The van der Waals surface area contributed by atoms with Gasteiger partial charge in [0.15, 0.2) is 0 Å². The van der Waals surface area contributed by atoms with E-state index in [2.05, 4.69) is 41.8 Å². The molecule has 0 aromatic carbocycles. The van der Waals surface area contributed by atoms with Crippen molar-refractivity contribution in [3.8, 4) is 0 Å². The van der Waals surface area contributed by atoms with Gasteiger partial charge in [-0.3, -0.25) is 9.36 Å². The smallest absolute Gasteiger partial charge is 0.0534 e. The van der Waals surface area contributed by atoms with Gasteiger partial charge in [0, 0.05) is 49.7 Å². The third-order valence-corrected chi connectivity index (χ3v) is 2.68. The molecule has 6 heteroatoms. The maximum absolute atomic E-state index is 4.24. The Morgan fingerprint density at radius 3 is 1.72 bits per heavy atom. The van der Waals surface area contributed by atoms with E-state index >= 15 is 0 Å². The van der Waals surface area contributed by atoms with Gasteiger partial charge in [-0.05, 0) is 13.8 Å². The number of nitrogens with one attached hydrogen (secondary N) is 1. The first kappa shape index (κ1) is 14.7. The molecule has 0 spiro atoms. The second-order valence-corrected chi connectivity index (χ2v) is 4.01. The Hall–Kier alpha value is -1.33. The van der Waals surface area contributed by atoms with Crippen molar-refractivity contribution in [2.45, 2.75) is 40.0 Å². The van der Waals surface area contributed by atoms with Gasteiger partial charge in [-0.2, -0.15) is 10.2 Å². The highest BCUT2D eigenvalue weighted by Gasteiger charge is 1.99. The van der Waals surface area contributed by atoms with Crippen LogP contribution in [0.25, 0.3) is 0 Å². The molecule has 2 rings (SSSR count). The highest BCUT2D eigenvalue weighted by atomic mass is 35.5. The van der Waals surface area contributed by atoms with Gasteiger partial charge in [-0.15, -0.1) is 12.4 Å². The molecular formula is C12H20ClN5. The van der Waals surface area contributed by atoms with Crippen molar-refractivity contribution < 1.29 is 0 Å². The Balaban J connectivity index is 0.00000162. The molecule has 0 aliphatic carbocycles. The third-order valence-electron chi connectivity index (χ3n) is 2.68. The Kier molecular flexibility index (Phi) is 5.88. The standard InChI is InChI=1S/C12H19N5.ClH/c1-3-16-9-11(7-14-16)5-13-6-12-8-15-17(4-2)10-12;/h7-10,13H,3-6H2,1-2H3;1H. The van der Waals surface area contributed by atoms with E-state index in [4.69, 9.17) is 0 Å². The van der Waals surface area contributed by atoms with E-state index in [1.54, 1.807) is 0 Å². The summed E-state index contributed by atoms with van der Waals surface area (Å²) in [7, 11) is 0. The van der Waals surface area contributed by atoms with Crippen LogP contribution in [0, 0.1) is 0 Å². The summed E-state index contributed by atoms with van der Waals surface area (Å²) in [6.07, 6.45) is 7.96. The van der Waals surface area contributed by atoms with Crippen molar-refractivity contribution in [1.29, 1.82) is 0 Å². The summed E-state index contributed by atoms with van der Waals surface area (Å²) in [6.45, 7) is 7.70. The van der Waals surface area contributed by atoms with Crippen molar-refractivity contribution >= 4 is 12.4 Å². The van der Waals surface area contributed by atoms with Crippen LogP contribution >= 0.6 is 12.4 Å². The molecule has 0 saturated carbocycles.